The highest BCUT2D eigenvalue weighted by molar-refractivity contribution is 6.31. The number of carbonyl (C=O) groups excluding carboxylic acids is 1. The van der Waals surface area contributed by atoms with E-state index in [1.54, 1.807) is 18.2 Å². The Labute approximate surface area is 151 Å². The van der Waals surface area contributed by atoms with Crippen LogP contribution in [0.1, 0.15) is 21.5 Å². The molecule has 0 aliphatic carbocycles. The van der Waals surface area contributed by atoms with Crippen molar-refractivity contribution >= 4 is 17.9 Å². The van der Waals surface area contributed by atoms with Gasteiger partial charge < -0.3 is 9.47 Å². The highest BCUT2D eigenvalue weighted by Crippen LogP contribution is 2.32. The number of ether oxygens (including phenoxy) is 2. The van der Waals surface area contributed by atoms with Gasteiger partial charge in [-0.1, -0.05) is 66.2 Å². The summed E-state index contributed by atoms with van der Waals surface area (Å²) in [7, 11) is 0. The number of carbonyl (C=O) groups is 1. The number of hydrogen-bond acceptors (Lipinski definition) is 3. The number of para-hydroxylation sites is 1. The van der Waals surface area contributed by atoms with Crippen LogP contribution < -0.4 is 9.47 Å². The van der Waals surface area contributed by atoms with Crippen LogP contribution in [0.5, 0.6) is 11.5 Å². The second-order valence-electron chi connectivity index (χ2n) is 5.45. The molecular formula is C21H17ClO3. The molecule has 0 saturated carbocycles. The lowest BCUT2D eigenvalue weighted by Gasteiger charge is -2.15. The molecule has 0 fully saturated rings. The van der Waals surface area contributed by atoms with Crippen LogP contribution in [0.25, 0.3) is 0 Å². The van der Waals surface area contributed by atoms with Gasteiger partial charge in [0.05, 0.1) is 5.56 Å². The van der Waals surface area contributed by atoms with Crippen LogP contribution in [-0.2, 0) is 13.2 Å². The summed E-state index contributed by atoms with van der Waals surface area (Å²) < 4.78 is 11.7. The summed E-state index contributed by atoms with van der Waals surface area (Å²) in [5.74, 6) is 0.953. The predicted octanol–water partition coefficient (Wildman–Crippen LogP) is 5.31. The molecule has 4 heteroatoms. The molecule has 25 heavy (non-hydrogen) atoms. The lowest BCUT2D eigenvalue weighted by molar-refractivity contribution is 0.111. The zero-order chi connectivity index (χ0) is 17.5. The van der Waals surface area contributed by atoms with Gasteiger partial charge in [-0.25, -0.2) is 0 Å². The van der Waals surface area contributed by atoms with Gasteiger partial charge in [-0.15, -0.1) is 0 Å². The van der Waals surface area contributed by atoms with Gasteiger partial charge in [-0.3, -0.25) is 4.79 Å². The minimum atomic E-state index is 0.295. The van der Waals surface area contributed by atoms with E-state index in [1.165, 1.54) is 0 Å². The molecule has 0 heterocycles. The van der Waals surface area contributed by atoms with E-state index in [0.29, 0.717) is 35.3 Å². The third-order valence-corrected chi connectivity index (χ3v) is 4.07. The molecule has 0 aromatic heterocycles. The van der Waals surface area contributed by atoms with Crippen LogP contribution in [0.15, 0.2) is 72.8 Å². The third kappa shape index (κ3) is 4.40. The largest absolute Gasteiger partial charge is 0.485 e. The fourth-order valence-electron chi connectivity index (χ4n) is 2.39. The predicted molar refractivity (Wildman–Crippen MR) is 98.4 cm³/mol. The lowest BCUT2D eigenvalue weighted by Crippen LogP contribution is -2.03. The SMILES string of the molecule is O=Cc1cccc(OCc2ccccc2Cl)c1OCc1ccccc1. The van der Waals surface area contributed by atoms with Gasteiger partial charge in [-0.05, 0) is 23.8 Å². The fraction of sp³-hybridized carbons (Fsp3) is 0.0952. The van der Waals surface area contributed by atoms with Gasteiger partial charge in [0.15, 0.2) is 17.8 Å². The van der Waals surface area contributed by atoms with E-state index in [-0.39, 0.29) is 0 Å². The maximum atomic E-state index is 11.4. The van der Waals surface area contributed by atoms with E-state index in [9.17, 15) is 4.79 Å². The Balaban J connectivity index is 1.79. The summed E-state index contributed by atoms with van der Waals surface area (Å²) in [6.07, 6.45) is 0.767. The van der Waals surface area contributed by atoms with Crippen molar-refractivity contribution < 1.29 is 14.3 Å². The monoisotopic (exact) mass is 352 g/mol. The van der Waals surface area contributed by atoms with Crippen molar-refractivity contribution in [2.75, 3.05) is 0 Å². The van der Waals surface area contributed by atoms with Gasteiger partial charge in [0.25, 0.3) is 0 Å². The summed E-state index contributed by atoms with van der Waals surface area (Å²) in [4.78, 5) is 11.4. The molecule has 0 saturated heterocycles. The Bertz CT molecular complexity index is 847. The number of halogens is 1. The highest BCUT2D eigenvalue weighted by Gasteiger charge is 2.12. The molecule has 0 radical (unpaired) electrons. The van der Waals surface area contributed by atoms with Crippen molar-refractivity contribution in [3.05, 3.63) is 94.5 Å². The van der Waals surface area contributed by atoms with Gasteiger partial charge in [-0.2, -0.15) is 0 Å². The van der Waals surface area contributed by atoms with E-state index in [4.69, 9.17) is 21.1 Å². The Kier molecular flexibility index (Phi) is 5.70. The summed E-state index contributed by atoms with van der Waals surface area (Å²) in [5, 5.41) is 0.640. The molecule has 0 unspecified atom stereocenters. The molecule has 0 amide bonds. The molecule has 0 aliphatic heterocycles. The van der Waals surface area contributed by atoms with E-state index in [0.717, 1.165) is 17.4 Å². The van der Waals surface area contributed by atoms with Crippen molar-refractivity contribution in [3.63, 3.8) is 0 Å². The molecule has 3 aromatic rings. The highest BCUT2D eigenvalue weighted by atomic mass is 35.5. The van der Waals surface area contributed by atoms with E-state index in [1.807, 2.05) is 54.6 Å². The Hall–Kier alpha value is -2.78. The third-order valence-electron chi connectivity index (χ3n) is 3.70. The van der Waals surface area contributed by atoms with Crippen LogP contribution >= 0.6 is 11.6 Å². The zero-order valence-electron chi connectivity index (χ0n) is 13.5. The summed E-state index contributed by atoms with van der Waals surface area (Å²) in [6.45, 7) is 0.651. The van der Waals surface area contributed by atoms with Crippen molar-refractivity contribution in [3.8, 4) is 11.5 Å². The Morgan fingerprint density at radius 2 is 1.56 bits per heavy atom. The average molecular weight is 353 g/mol. The molecule has 3 nitrogen and oxygen atoms in total. The van der Waals surface area contributed by atoms with Crippen molar-refractivity contribution in [2.45, 2.75) is 13.2 Å². The molecule has 0 atom stereocenters. The first-order chi connectivity index (χ1) is 12.3. The minimum absolute atomic E-state index is 0.295. The maximum absolute atomic E-state index is 11.4. The Morgan fingerprint density at radius 1 is 0.800 bits per heavy atom. The van der Waals surface area contributed by atoms with Crippen LogP contribution in [0.2, 0.25) is 5.02 Å². The first kappa shape index (κ1) is 17.1. The molecular weight excluding hydrogens is 336 g/mol. The number of aldehydes is 1. The van der Waals surface area contributed by atoms with Gasteiger partial charge in [0.2, 0.25) is 0 Å². The van der Waals surface area contributed by atoms with Gasteiger partial charge >= 0.3 is 0 Å². The summed E-state index contributed by atoms with van der Waals surface area (Å²) >= 11 is 6.16. The first-order valence-corrected chi connectivity index (χ1v) is 8.27. The van der Waals surface area contributed by atoms with Crippen molar-refractivity contribution in [1.82, 2.24) is 0 Å². The fourth-order valence-corrected chi connectivity index (χ4v) is 2.58. The molecule has 0 N–H and O–H groups in total. The molecule has 0 aliphatic rings. The van der Waals surface area contributed by atoms with Crippen LogP contribution in [-0.4, -0.2) is 6.29 Å². The maximum Gasteiger partial charge on any atom is 0.172 e. The van der Waals surface area contributed by atoms with E-state index >= 15 is 0 Å². The number of hydrogen-bond donors (Lipinski definition) is 0. The number of rotatable bonds is 7. The Morgan fingerprint density at radius 3 is 2.32 bits per heavy atom. The smallest absolute Gasteiger partial charge is 0.172 e. The first-order valence-electron chi connectivity index (χ1n) is 7.89. The average Bonchev–Trinajstić information content (AvgIpc) is 2.66. The van der Waals surface area contributed by atoms with E-state index in [2.05, 4.69) is 0 Å². The number of benzene rings is 3. The summed E-state index contributed by atoms with van der Waals surface area (Å²) in [6, 6.07) is 22.5. The van der Waals surface area contributed by atoms with Crippen molar-refractivity contribution in [2.24, 2.45) is 0 Å². The molecule has 3 aromatic carbocycles. The van der Waals surface area contributed by atoms with Gasteiger partial charge in [0.1, 0.15) is 13.2 Å². The lowest BCUT2D eigenvalue weighted by atomic mass is 10.2. The van der Waals surface area contributed by atoms with Crippen LogP contribution in [0.3, 0.4) is 0 Å². The second kappa shape index (κ2) is 8.36. The second-order valence-corrected chi connectivity index (χ2v) is 5.85. The van der Waals surface area contributed by atoms with Crippen LogP contribution in [0.4, 0.5) is 0 Å². The summed E-state index contributed by atoms with van der Waals surface area (Å²) in [5.41, 5.74) is 2.34. The quantitative estimate of drug-likeness (QED) is 0.540. The van der Waals surface area contributed by atoms with Crippen LogP contribution in [0, 0.1) is 0 Å². The van der Waals surface area contributed by atoms with E-state index < -0.39 is 0 Å². The van der Waals surface area contributed by atoms with Crippen molar-refractivity contribution in [1.29, 1.82) is 0 Å². The molecule has 3 rings (SSSR count). The molecule has 0 bridgehead atoms. The topological polar surface area (TPSA) is 35.5 Å². The molecule has 126 valence electrons. The normalized spacial score (nSPS) is 10.3. The minimum Gasteiger partial charge on any atom is -0.485 e. The standard InChI is InChI=1S/C21H17ClO3/c22-19-11-5-4-9-18(19)15-24-20-12-6-10-17(13-23)21(20)25-14-16-7-2-1-3-8-16/h1-13H,14-15H2. The zero-order valence-corrected chi connectivity index (χ0v) is 14.3. The van der Waals surface area contributed by atoms with Gasteiger partial charge in [0, 0.05) is 10.6 Å². The molecule has 0 spiro atoms.